The Balaban J connectivity index is 1.78. The number of benzene rings is 2. The molecule has 1 atom stereocenters. The maximum atomic E-state index is 11.8. The van der Waals surface area contributed by atoms with Crippen molar-refractivity contribution in [1.82, 2.24) is 0 Å². The molecule has 2 aromatic carbocycles. The maximum Gasteiger partial charge on any atom is 0.346 e. The Morgan fingerprint density at radius 2 is 1.85 bits per heavy atom. The van der Waals surface area contributed by atoms with E-state index < -0.39 is 12.1 Å². The van der Waals surface area contributed by atoms with Gasteiger partial charge in [0.05, 0.1) is 18.9 Å². The van der Waals surface area contributed by atoms with Crippen LogP contribution in [0.2, 0.25) is 0 Å². The van der Waals surface area contributed by atoms with Gasteiger partial charge in [0, 0.05) is 18.7 Å². The number of aromatic carboxylic acids is 1. The lowest BCUT2D eigenvalue weighted by Crippen LogP contribution is -2.36. The SMILES string of the molecule is Nc1c(N2CCOCC2)sc(C(=O)O)c1C(O)c1ccc2ccccc2c1. The van der Waals surface area contributed by atoms with Crippen LogP contribution in [0.3, 0.4) is 0 Å². The van der Waals surface area contributed by atoms with E-state index in [1.54, 1.807) is 0 Å². The molecule has 0 saturated carbocycles. The fourth-order valence-corrected chi connectivity index (χ4v) is 4.56. The molecule has 0 spiro atoms. The van der Waals surface area contributed by atoms with Crippen molar-refractivity contribution in [2.24, 2.45) is 0 Å². The number of rotatable bonds is 4. The van der Waals surface area contributed by atoms with Crippen molar-refractivity contribution in [3.8, 4) is 0 Å². The van der Waals surface area contributed by atoms with Crippen LogP contribution in [0.15, 0.2) is 42.5 Å². The highest BCUT2D eigenvalue weighted by molar-refractivity contribution is 7.18. The summed E-state index contributed by atoms with van der Waals surface area (Å²) in [4.78, 5) is 13.9. The molecule has 0 radical (unpaired) electrons. The quantitative estimate of drug-likeness (QED) is 0.640. The van der Waals surface area contributed by atoms with Crippen LogP contribution in [0.4, 0.5) is 10.7 Å². The molecule has 3 aromatic rings. The molecule has 2 heterocycles. The first-order chi connectivity index (χ1) is 13.1. The van der Waals surface area contributed by atoms with Crippen LogP contribution in [0.1, 0.15) is 26.9 Å². The highest BCUT2D eigenvalue weighted by atomic mass is 32.1. The number of ether oxygens (including phenoxy) is 1. The van der Waals surface area contributed by atoms with Gasteiger partial charge in [-0.2, -0.15) is 0 Å². The number of fused-ring (bicyclic) bond motifs is 1. The number of carbonyl (C=O) groups is 1. The van der Waals surface area contributed by atoms with Gasteiger partial charge < -0.3 is 25.6 Å². The van der Waals surface area contributed by atoms with Gasteiger partial charge in [-0.1, -0.05) is 36.4 Å². The second kappa shape index (κ2) is 7.19. The van der Waals surface area contributed by atoms with Crippen LogP contribution in [0.5, 0.6) is 0 Å². The molecule has 1 unspecified atom stereocenters. The first-order valence-electron chi connectivity index (χ1n) is 8.71. The summed E-state index contributed by atoms with van der Waals surface area (Å²) in [6.07, 6.45) is -1.10. The highest BCUT2D eigenvalue weighted by Crippen LogP contribution is 2.44. The summed E-state index contributed by atoms with van der Waals surface area (Å²) in [5.74, 6) is -1.08. The first kappa shape index (κ1) is 17.8. The fourth-order valence-electron chi connectivity index (χ4n) is 3.42. The number of carboxylic acid groups (broad SMARTS) is 1. The zero-order chi connectivity index (χ0) is 19.0. The number of hydrogen-bond acceptors (Lipinski definition) is 6. The minimum Gasteiger partial charge on any atom is -0.477 e. The van der Waals surface area contributed by atoms with Gasteiger partial charge in [-0.05, 0) is 22.4 Å². The molecule has 1 saturated heterocycles. The van der Waals surface area contributed by atoms with Crippen LogP contribution in [0, 0.1) is 0 Å². The van der Waals surface area contributed by atoms with Gasteiger partial charge in [0.15, 0.2) is 0 Å². The topological polar surface area (TPSA) is 96.0 Å². The molecule has 6 nitrogen and oxygen atoms in total. The van der Waals surface area contributed by atoms with Crippen molar-refractivity contribution in [2.45, 2.75) is 6.10 Å². The number of anilines is 2. The Morgan fingerprint density at radius 1 is 1.15 bits per heavy atom. The predicted octanol–water partition coefficient (Wildman–Crippen LogP) is 3.10. The lowest BCUT2D eigenvalue weighted by Gasteiger charge is -2.28. The molecule has 1 aliphatic rings. The molecular formula is C20H20N2O4S. The molecule has 1 aliphatic heterocycles. The number of aliphatic hydroxyl groups excluding tert-OH is 1. The van der Waals surface area contributed by atoms with E-state index in [-0.39, 0.29) is 10.4 Å². The predicted molar refractivity (Wildman–Crippen MR) is 107 cm³/mol. The molecule has 0 aliphatic carbocycles. The molecule has 1 aromatic heterocycles. The Morgan fingerprint density at radius 3 is 2.56 bits per heavy atom. The lowest BCUT2D eigenvalue weighted by molar-refractivity contribution is 0.0697. The smallest absolute Gasteiger partial charge is 0.346 e. The Hall–Kier alpha value is -2.61. The van der Waals surface area contributed by atoms with Gasteiger partial charge in [0.25, 0.3) is 0 Å². The van der Waals surface area contributed by atoms with Crippen molar-refractivity contribution in [1.29, 1.82) is 0 Å². The number of nitrogen functional groups attached to an aromatic ring is 1. The van der Waals surface area contributed by atoms with Gasteiger partial charge >= 0.3 is 5.97 Å². The van der Waals surface area contributed by atoms with Crippen molar-refractivity contribution in [3.05, 3.63) is 58.5 Å². The summed E-state index contributed by atoms with van der Waals surface area (Å²) < 4.78 is 5.36. The third-order valence-corrected chi connectivity index (χ3v) is 6.09. The third-order valence-electron chi connectivity index (χ3n) is 4.82. The number of thiophene rings is 1. The number of hydrogen-bond donors (Lipinski definition) is 3. The molecule has 4 N–H and O–H groups in total. The highest BCUT2D eigenvalue weighted by Gasteiger charge is 2.29. The number of nitrogens with two attached hydrogens (primary N) is 1. The summed E-state index contributed by atoms with van der Waals surface area (Å²) in [5, 5.41) is 23.4. The maximum absolute atomic E-state index is 11.8. The van der Waals surface area contributed by atoms with Crippen LogP contribution in [-0.4, -0.2) is 42.5 Å². The van der Waals surface area contributed by atoms with E-state index in [0.29, 0.717) is 42.6 Å². The zero-order valence-corrected chi connectivity index (χ0v) is 15.4. The number of morpholine rings is 1. The van der Waals surface area contributed by atoms with Gasteiger partial charge in [-0.3, -0.25) is 0 Å². The largest absolute Gasteiger partial charge is 0.477 e. The van der Waals surface area contributed by atoms with E-state index >= 15 is 0 Å². The average Bonchev–Trinajstić information content (AvgIpc) is 3.05. The monoisotopic (exact) mass is 384 g/mol. The number of carboxylic acids is 1. The molecule has 1 fully saturated rings. The van der Waals surface area contributed by atoms with Crippen LogP contribution in [0.25, 0.3) is 10.8 Å². The summed E-state index contributed by atoms with van der Waals surface area (Å²) >= 11 is 1.11. The van der Waals surface area contributed by atoms with Gasteiger partial charge in [0.1, 0.15) is 16.0 Å². The van der Waals surface area contributed by atoms with E-state index in [4.69, 9.17) is 10.5 Å². The van der Waals surface area contributed by atoms with E-state index in [1.165, 1.54) is 0 Å². The zero-order valence-electron chi connectivity index (χ0n) is 14.6. The van der Waals surface area contributed by atoms with Crippen LogP contribution >= 0.6 is 11.3 Å². The minimum absolute atomic E-state index is 0.0784. The fraction of sp³-hybridized carbons (Fsp3) is 0.250. The lowest BCUT2D eigenvalue weighted by atomic mass is 9.97. The van der Waals surface area contributed by atoms with E-state index in [1.807, 2.05) is 47.4 Å². The molecule has 140 valence electrons. The summed E-state index contributed by atoms with van der Waals surface area (Å²) in [7, 11) is 0. The second-order valence-corrected chi connectivity index (χ2v) is 7.48. The summed E-state index contributed by atoms with van der Waals surface area (Å²) in [6, 6.07) is 13.4. The van der Waals surface area contributed by atoms with Crippen LogP contribution in [-0.2, 0) is 4.74 Å². The standard InChI is InChI=1S/C20H20N2O4S/c21-16-15(17(23)14-6-5-12-3-1-2-4-13(12)11-14)18(20(24)25)27-19(16)22-7-9-26-10-8-22/h1-6,11,17,23H,7-10,21H2,(H,24,25). The summed E-state index contributed by atoms with van der Waals surface area (Å²) in [6.45, 7) is 2.44. The summed E-state index contributed by atoms with van der Waals surface area (Å²) in [5.41, 5.74) is 7.55. The molecule has 27 heavy (non-hydrogen) atoms. The second-order valence-electron chi connectivity index (χ2n) is 6.48. The van der Waals surface area contributed by atoms with Crippen molar-refractivity contribution in [3.63, 3.8) is 0 Å². The third kappa shape index (κ3) is 3.25. The Kier molecular flexibility index (Phi) is 4.73. The van der Waals surface area contributed by atoms with E-state index in [0.717, 1.165) is 22.1 Å². The number of aliphatic hydroxyl groups is 1. The minimum atomic E-state index is -1.10. The normalized spacial score (nSPS) is 15.8. The van der Waals surface area contributed by atoms with Crippen LogP contribution < -0.4 is 10.6 Å². The Labute approximate surface area is 160 Å². The van der Waals surface area contributed by atoms with Gasteiger partial charge in [-0.25, -0.2) is 4.79 Å². The molecule has 0 bridgehead atoms. The first-order valence-corrected chi connectivity index (χ1v) is 9.53. The molecule has 4 rings (SSSR count). The van der Waals surface area contributed by atoms with Crippen molar-refractivity contribution in [2.75, 3.05) is 36.9 Å². The van der Waals surface area contributed by atoms with Crippen molar-refractivity contribution >= 4 is 38.8 Å². The van der Waals surface area contributed by atoms with Crippen molar-refractivity contribution < 1.29 is 19.7 Å². The molecular weight excluding hydrogens is 364 g/mol. The van der Waals surface area contributed by atoms with E-state index in [9.17, 15) is 15.0 Å². The average molecular weight is 384 g/mol. The number of nitrogens with zero attached hydrogens (tertiary/aromatic N) is 1. The van der Waals surface area contributed by atoms with E-state index in [2.05, 4.69) is 0 Å². The van der Waals surface area contributed by atoms with Gasteiger partial charge in [-0.15, -0.1) is 11.3 Å². The molecule has 7 heteroatoms. The van der Waals surface area contributed by atoms with Gasteiger partial charge in [0.2, 0.25) is 0 Å². The molecule has 0 amide bonds. The Bertz CT molecular complexity index is 995.